The number of carbonyl (C=O) groups excluding carboxylic acids is 2. The quantitative estimate of drug-likeness (QED) is 0.771. The maximum atomic E-state index is 12.2. The fourth-order valence-electron chi connectivity index (χ4n) is 2.63. The van der Waals surface area contributed by atoms with Crippen LogP contribution >= 0.6 is 11.8 Å². The van der Waals surface area contributed by atoms with E-state index in [4.69, 9.17) is 4.74 Å². The summed E-state index contributed by atoms with van der Waals surface area (Å²) in [5, 5.41) is 5.66. The molecular formula is C20H21N3O3S. The molecule has 0 radical (unpaired) electrons. The van der Waals surface area contributed by atoms with Gasteiger partial charge in [0.25, 0.3) is 0 Å². The van der Waals surface area contributed by atoms with Gasteiger partial charge in [-0.25, -0.2) is 0 Å². The summed E-state index contributed by atoms with van der Waals surface area (Å²) in [5.74, 6) is 0.259. The van der Waals surface area contributed by atoms with E-state index in [1.165, 1.54) is 17.3 Å². The molecule has 0 aliphatic carbocycles. The van der Waals surface area contributed by atoms with Crippen LogP contribution in [0.5, 0.6) is 5.75 Å². The molecule has 0 spiro atoms. The molecule has 1 heterocycles. The van der Waals surface area contributed by atoms with E-state index >= 15 is 0 Å². The van der Waals surface area contributed by atoms with Crippen LogP contribution in [0.4, 0.5) is 5.69 Å². The molecular weight excluding hydrogens is 362 g/mol. The number of methoxy groups -OCH3 is 1. The van der Waals surface area contributed by atoms with Crippen molar-refractivity contribution in [3.63, 3.8) is 0 Å². The van der Waals surface area contributed by atoms with E-state index in [1.807, 2.05) is 30.3 Å². The number of aliphatic imine (C=N–C) groups is 1. The molecule has 140 valence electrons. The van der Waals surface area contributed by atoms with Gasteiger partial charge in [-0.05, 0) is 24.1 Å². The molecule has 1 fully saturated rings. The first-order valence-corrected chi connectivity index (χ1v) is 9.52. The summed E-state index contributed by atoms with van der Waals surface area (Å²) in [5.41, 5.74) is 1.84. The Hall–Kier alpha value is -2.80. The van der Waals surface area contributed by atoms with Crippen molar-refractivity contribution < 1.29 is 14.3 Å². The van der Waals surface area contributed by atoms with Crippen molar-refractivity contribution in [3.05, 3.63) is 60.2 Å². The lowest BCUT2D eigenvalue weighted by molar-refractivity contribution is -0.122. The number of rotatable bonds is 7. The van der Waals surface area contributed by atoms with E-state index in [9.17, 15) is 9.59 Å². The normalized spacial score (nSPS) is 17.6. The van der Waals surface area contributed by atoms with Gasteiger partial charge in [0.2, 0.25) is 11.8 Å². The summed E-state index contributed by atoms with van der Waals surface area (Å²) >= 11 is 1.30. The average molecular weight is 383 g/mol. The van der Waals surface area contributed by atoms with Gasteiger partial charge < -0.3 is 15.4 Å². The van der Waals surface area contributed by atoms with Gasteiger partial charge in [-0.3, -0.25) is 14.6 Å². The van der Waals surface area contributed by atoms with Gasteiger partial charge in [0.1, 0.15) is 11.0 Å². The number of hydrogen-bond donors (Lipinski definition) is 2. The number of thioether (sulfide) groups is 1. The van der Waals surface area contributed by atoms with Crippen LogP contribution < -0.4 is 15.4 Å². The van der Waals surface area contributed by atoms with E-state index in [1.54, 1.807) is 31.4 Å². The van der Waals surface area contributed by atoms with Crippen molar-refractivity contribution in [1.29, 1.82) is 0 Å². The number of nitrogens with one attached hydrogen (secondary N) is 2. The van der Waals surface area contributed by atoms with Crippen LogP contribution in [0.15, 0.2) is 59.6 Å². The van der Waals surface area contributed by atoms with Crippen LogP contribution in [0.25, 0.3) is 0 Å². The fourth-order valence-corrected chi connectivity index (χ4v) is 3.62. The number of benzene rings is 2. The highest BCUT2D eigenvalue weighted by Gasteiger charge is 2.31. The summed E-state index contributed by atoms with van der Waals surface area (Å²) in [7, 11) is 1.57. The molecule has 0 bridgehead atoms. The second kappa shape index (κ2) is 9.23. The molecule has 2 aromatic rings. The Bertz CT molecular complexity index is 839. The van der Waals surface area contributed by atoms with Gasteiger partial charge in [-0.1, -0.05) is 48.2 Å². The molecule has 7 heteroatoms. The van der Waals surface area contributed by atoms with Gasteiger partial charge in [-0.2, -0.15) is 0 Å². The number of anilines is 1. The number of nitrogens with zero attached hydrogens (tertiary/aromatic N) is 1. The Labute approximate surface area is 162 Å². The van der Waals surface area contributed by atoms with Crippen molar-refractivity contribution in [2.75, 3.05) is 19.0 Å². The second-order valence-corrected chi connectivity index (χ2v) is 7.19. The van der Waals surface area contributed by atoms with Crippen LogP contribution in [0.3, 0.4) is 0 Å². The third-order valence-electron chi connectivity index (χ3n) is 4.00. The molecule has 0 unspecified atom stereocenters. The summed E-state index contributed by atoms with van der Waals surface area (Å²) < 4.78 is 5.14. The lowest BCUT2D eigenvalue weighted by atomic mass is 10.2. The topological polar surface area (TPSA) is 79.8 Å². The lowest BCUT2D eigenvalue weighted by Crippen LogP contribution is -2.28. The minimum atomic E-state index is -0.467. The molecule has 6 nitrogen and oxygen atoms in total. The highest BCUT2D eigenvalue weighted by atomic mass is 32.2. The Balaban J connectivity index is 1.49. The van der Waals surface area contributed by atoms with Crippen molar-refractivity contribution in [2.45, 2.75) is 18.1 Å². The molecule has 0 saturated carbocycles. The largest absolute Gasteiger partial charge is 0.497 e. The van der Waals surface area contributed by atoms with Gasteiger partial charge in [0.05, 0.1) is 7.11 Å². The Morgan fingerprint density at radius 3 is 2.81 bits per heavy atom. The molecule has 2 amide bonds. The fraction of sp³-hybridized carbons (Fsp3) is 0.250. The third-order valence-corrected chi connectivity index (χ3v) is 5.12. The monoisotopic (exact) mass is 383 g/mol. The van der Waals surface area contributed by atoms with Crippen LogP contribution in [-0.2, 0) is 16.0 Å². The lowest BCUT2D eigenvalue weighted by Gasteiger charge is -2.08. The van der Waals surface area contributed by atoms with E-state index in [-0.39, 0.29) is 18.2 Å². The molecule has 1 aliphatic heterocycles. The molecule has 0 aromatic heterocycles. The zero-order valence-electron chi connectivity index (χ0n) is 15.0. The zero-order chi connectivity index (χ0) is 19.1. The first-order chi connectivity index (χ1) is 13.1. The Kier molecular flexibility index (Phi) is 6.49. The van der Waals surface area contributed by atoms with Crippen LogP contribution in [0, 0.1) is 0 Å². The van der Waals surface area contributed by atoms with Crippen molar-refractivity contribution in [1.82, 2.24) is 5.32 Å². The summed E-state index contributed by atoms with van der Waals surface area (Å²) in [4.78, 5) is 28.8. The maximum absolute atomic E-state index is 12.2. The van der Waals surface area contributed by atoms with Crippen molar-refractivity contribution in [3.8, 4) is 5.75 Å². The third kappa shape index (κ3) is 5.59. The van der Waals surface area contributed by atoms with E-state index < -0.39 is 5.25 Å². The van der Waals surface area contributed by atoms with Gasteiger partial charge >= 0.3 is 0 Å². The molecule has 1 atom stereocenters. The SMILES string of the molecule is COc1cccc(NC(=O)C[C@@H]2SC(=NCCc3ccccc3)NC2=O)c1. The molecule has 1 aliphatic rings. The minimum absolute atomic E-state index is 0.0887. The number of ether oxygens (including phenoxy) is 1. The average Bonchev–Trinajstić information content (AvgIpc) is 3.02. The highest BCUT2D eigenvalue weighted by molar-refractivity contribution is 8.15. The van der Waals surface area contributed by atoms with Gasteiger partial charge in [-0.15, -0.1) is 0 Å². The first kappa shape index (κ1) is 19.0. The number of amides is 2. The molecule has 3 rings (SSSR count). The summed E-state index contributed by atoms with van der Waals surface area (Å²) in [6.45, 7) is 0.593. The standard InChI is InChI=1S/C20H21N3O3S/c1-26-16-9-5-8-15(12-16)22-18(24)13-17-19(25)23-20(27-17)21-11-10-14-6-3-2-4-7-14/h2-9,12,17H,10-11,13H2,1H3,(H,22,24)(H,21,23,25)/t17-/m0/s1. The Morgan fingerprint density at radius 2 is 2.04 bits per heavy atom. The van der Waals surface area contributed by atoms with E-state index in [2.05, 4.69) is 15.6 Å². The van der Waals surface area contributed by atoms with E-state index in [0.717, 1.165) is 6.42 Å². The number of amidine groups is 1. The van der Waals surface area contributed by atoms with Crippen molar-refractivity contribution in [2.24, 2.45) is 4.99 Å². The molecule has 27 heavy (non-hydrogen) atoms. The minimum Gasteiger partial charge on any atom is -0.497 e. The van der Waals surface area contributed by atoms with Crippen molar-refractivity contribution >= 4 is 34.4 Å². The van der Waals surface area contributed by atoms with Gasteiger partial charge in [0, 0.05) is 24.7 Å². The smallest absolute Gasteiger partial charge is 0.240 e. The second-order valence-electron chi connectivity index (χ2n) is 6.00. The molecule has 2 N–H and O–H groups in total. The number of hydrogen-bond acceptors (Lipinski definition) is 5. The molecule has 1 saturated heterocycles. The predicted octanol–water partition coefficient (Wildman–Crippen LogP) is 2.85. The van der Waals surface area contributed by atoms with Crippen LogP contribution in [0.1, 0.15) is 12.0 Å². The first-order valence-electron chi connectivity index (χ1n) is 8.64. The number of carbonyl (C=O) groups is 2. The maximum Gasteiger partial charge on any atom is 0.240 e. The summed E-state index contributed by atoms with van der Waals surface area (Å²) in [6, 6.07) is 17.2. The highest BCUT2D eigenvalue weighted by Crippen LogP contribution is 2.23. The molecule has 2 aromatic carbocycles. The Morgan fingerprint density at radius 1 is 1.22 bits per heavy atom. The van der Waals surface area contributed by atoms with E-state index in [0.29, 0.717) is 23.1 Å². The van der Waals surface area contributed by atoms with Crippen LogP contribution in [0.2, 0.25) is 0 Å². The predicted molar refractivity (Wildman–Crippen MR) is 108 cm³/mol. The summed E-state index contributed by atoms with van der Waals surface area (Å²) in [6.07, 6.45) is 0.896. The van der Waals surface area contributed by atoms with Crippen LogP contribution in [-0.4, -0.2) is 35.9 Å². The zero-order valence-corrected chi connectivity index (χ0v) is 15.8. The van der Waals surface area contributed by atoms with Gasteiger partial charge in [0.15, 0.2) is 5.17 Å².